The highest BCUT2D eigenvalue weighted by atomic mass is 32.2. The number of fused-ring (bicyclic) bond motifs is 1. The predicted octanol–water partition coefficient (Wildman–Crippen LogP) is 5.43. The van der Waals surface area contributed by atoms with Crippen LogP contribution in [0.1, 0.15) is 58.0 Å². The summed E-state index contributed by atoms with van der Waals surface area (Å²) < 4.78 is 12.7. The summed E-state index contributed by atoms with van der Waals surface area (Å²) in [4.78, 5) is 39.9. The van der Waals surface area contributed by atoms with Crippen molar-refractivity contribution in [3.8, 4) is 11.4 Å². The van der Waals surface area contributed by atoms with Gasteiger partial charge in [-0.05, 0) is 81.8 Å². The summed E-state index contributed by atoms with van der Waals surface area (Å²) in [5.74, 6) is 0.156. The Hall–Kier alpha value is -4.16. The van der Waals surface area contributed by atoms with Gasteiger partial charge in [-0.15, -0.1) is 21.5 Å². The fraction of sp³-hybridized carbons (Fsp3) is 0.344. The lowest BCUT2D eigenvalue weighted by Crippen LogP contribution is -2.29. The summed E-state index contributed by atoms with van der Waals surface area (Å²) in [6.45, 7) is 7.83. The molecule has 0 unspecified atom stereocenters. The van der Waals surface area contributed by atoms with Crippen molar-refractivity contribution in [1.82, 2.24) is 20.1 Å². The van der Waals surface area contributed by atoms with E-state index < -0.39 is 11.2 Å². The van der Waals surface area contributed by atoms with Crippen molar-refractivity contribution in [2.24, 2.45) is 0 Å². The highest BCUT2D eigenvalue weighted by molar-refractivity contribution is 8.00. The monoisotopic (exact) mass is 633 g/mol. The molecule has 0 saturated carbocycles. The first kappa shape index (κ1) is 31.3. The molecule has 44 heavy (non-hydrogen) atoms. The first-order valence-electron chi connectivity index (χ1n) is 14.5. The molecule has 1 aliphatic rings. The molecule has 1 aliphatic carbocycles. The van der Waals surface area contributed by atoms with E-state index in [0.717, 1.165) is 46.5 Å². The molecule has 0 spiro atoms. The number of ether oxygens (including phenoxy) is 2. The van der Waals surface area contributed by atoms with Crippen molar-refractivity contribution in [3.05, 3.63) is 81.5 Å². The van der Waals surface area contributed by atoms with Crippen molar-refractivity contribution >= 4 is 45.9 Å². The molecule has 0 bridgehead atoms. The molecule has 0 radical (unpaired) electrons. The second-order valence-corrected chi connectivity index (χ2v) is 12.8. The van der Waals surface area contributed by atoms with Gasteiger partial charge in [-0.3, -0.25) is 14.2 Å². The normalized spacial score (nSPS) is 12.8. The standard InChI is InChI=1S/C32H35N5O5S2/c1-5-41-31(40)28-23-14-10-16-25(23)44-30(28)34-29(39)21(4)43-32-36-35-26(37(32)24-15-9-11-19(2)20(24)3)17-33-27(38)18-42-22-12-7-6-8-13-22/h6-9,11-13,15,21H,5,10,14,16-18H2,1-4H3,(H,33,38)(H,34,39)/t21-/m1/s1. The maximum Gasteiger partial charge on any atom is 0.341 e. The lowest BCUT2D eigenvalue weighted by Gasteiger charge is -2.17. The maximum absolute atomic E-state index is 13.5. The smallest absolute Gasteiger partial charge is 0.341 e. The number of benzene rings is 2. The van der Waals surface area contributed by atoms with Gasteiger partial charge in [0.05, 0.1) is 29.7 Å². The highest BCUT2D eigenvalue weighted by Gasteiger charge is 2.30. The zero-order valence-corrected chi connectivity index (χ0v) is 26.8. The van der Waals surface area contributed by atoms with Gasteiger partial charge in [0.2, 0.25) is 5.91 Å². The second kappa shape index (κ2) is 14.1. The molecule has 230 valence electrons. The van der Waals surface area contributed by atoms with E-state index in [1.807, 2.05) is 54.8 Å². The summed E-state index contributed by atoms with van der Waals surface area (Å²) in [7, 11) is 0. The zero-order chi connectivity index (χ0) is 31.2. The van der Waals surface area contributed by atoms with Crippen LogP contribution in [0.3, 0.4) is 0 Å². The lowest BCUT2D eigenvalue weighted by atomic mass is 10.1. The van der Waals surface area contributed by atoms with E-state index in [-0.39, 0.29) is 31.6 Å². The van der Waals surface area contributed by atoms with Gasteiger partial charge in [0.25, 0.3) is 5.91 Å². The number of nitrogens with zero attached hydrogens (tertiary/aromatic N) is 3. The quantitative estimate of drug-likeness (QED) is 0.157. The summed E-state index contributed by atoms with van der Waals surface area (Å²) in [5.41, 5.74) is 4.43. The number of para-hydroxylation sites is 1. The van der Waals surface area contributed by atoms with Crippen LogP contribution in [0, 0.1) is 13.8 Å². The molecule has 2 amide bonds. The number of aromatic nitrogens is 3. The number of anilines is 1. The molecule has 4 aromatic rings. The molecule has 12 heteroatoms. The topological polar surface area (TPSA) is 124 Å². The minimum atomic E-state index is -0.572. The fourth-order valence-electron chi connectivity index (χ4n) is 4.94. The average molecular weight is 634 g/mol. The molecule has 5 rings (SSSR count). The molecule has 0 fully saturated rings. The summed E-state index contributed by atoms with van der Waals surface area (Å²) in [6.07, 6.45) is 2.69. The van der Waals surface area contributed by atoms with Crippen molar-refractivity contribution in [1.29, 1.82) is 0 Å². The average Bonchev–Trinajstić information content (AvgIpc) is 3.72. The molecule has 1 atom stereocenters. The van der Waals surface area contributed by atoms with Gasteiger partial charge in [-0.2, -0.15) is 0 Å². The SMILES string of the molecule is CCOC(=O)c1c(NC(=O)[C@@H](C)Sc2nnc(CNC(=O)COc3ccccc3)n2-c2cccc(C)c2C)sc2c1CCC2. The first-order valence-corrected chi connectivity index (χ1v) is 16.2. The highest BCUT2D eigenvalue weighted by Crippen LogP contribution is 2.40. The van der Waals surface area contributed by atoms with Gasteiger partial charge in [0.1, 0.15) is 10.8 Å². The Labute approximate surface area is 264 Å². The number of carbonyl (C=O) groups excluding carboxylic acids is 3. The molecule has 0 saturated heterocycles. The Bertz CT molecular complexity index is 1670. The third-order valence-corrected chi connectivity index (χ3v) is 9.61. The minimum absolute atomic E-state index is 0.113. The number of nitrogens with one attached hydrogen (secondary N) is 2. The lowest BCUT2D eigenvalue weighted by molar-refractivity contribution is -0.123. The fourth-order valence-corrected chi connectivity index (χ4v) is 7.10. The van der Waals surface area contributed by atoms with Crippen molar-refractivity contribution in [3.63, 3.8) is 0 Å². The van der Waals surface area contributed by atoms with Crippen LogP contribution >= 0.6 is 23.1 Å². The Morgan fingerprint density at radius 2 is 1.86 bits per heavy atom. The Balaban J connectivity index is 1.33. The van der Waals surface area contributed by atoms with E-state index in [9.17, 15) is 14.4 Å². The van der Waals surface area contributed by atoms with E-state index in [0.29, 0.717) is 27.3 Å². The molecule has 0 aliphatic heterocycles. The van der Waals surface area contributed by atoms with Crippen LogP contribution in [0.2, 0.25) is 0 Å². The molecule has 2 aromatic carbocycles. The largest absolute Gasteiger partial charge is 0.484 e. The van der Waals surface area contributed by atoms with E-state index in [2.05, 4.69) is 20.8 Å². The maximum atomic E-state index is 13.5. The van der Waals surface area contributed by atoms with Gasteiger partial charge in [-0.1, -0.05) is 42.1 Å². The molecular formula is C32H35N5O5S2. The van der Waals surface area contributed by atoms with E-state index in [4.69, 9.17) is 9.47 Å². The van der Waals surface area contributed by atoms with Crippen LogP contribution in [0.15, 0.2) is 53.7 Å². The number of esters is 1. The number of carbonyl (C=O) groups is 3. The molecular weight excluding hydrogens is 599 g/mol. The number of amides is 2. The van der Waals surface area contributed by atoms with Gasteiger partial charge < -0.3 is 20.1 Å². The summed E-state index contributed by atoms with van der Waals surface area (Å²) in [5, 5.41) is 15.1. The number of rotatable bonds is 12. The van der Waals surface area contributed by atoms with Crippen molar-refractivity contribution in [2.45, 2.75) is 63.9 Å². The molecule has 10 nitrogen and oxygen atoms in total. The number of thiophene rings is 1. The van der Waals surface area contributed by atoms with E-state index in [1.165, 1.54) is 23.1 Å². The molecule has 2 N–H and O–H groups in total. The Morgan fingerprint density at radius 3 is 2.64 bits per heavy atom. The van der Waals surface area contributed by atoms with Gasteiger partial charge in [-0.25, -0.2) is 4.79 Å². The van der Waals surface area contributed by atoms with Gasteiger partial charge in [0.15, 0.2) is 17.6 Å². The van der Waals surface area contributed by atoms with E-state index in [1.54, 1.807) is 26.0 Å². The number of aryl methyl sites for hydroxylation is 2. The van der Waals surface area contributed by atoms with Gasteiger partial charge >= 0.3 is 5.97 Å². The second-order valence-electron chi connectivity index (χ2n) is 10.4. The van der Waals surface area contributed by atoms with E-state index >= 15 is 0 Å². The van der Waals surface area contributed by atoms with Crippen LogP contribution in [0.4, 0.5) is 5.00 Å². The van der Waals surface area contributed by atoms with Crippen LogP contribution in [-0.2, 0) is 33.7 Å². The number of thioether (sulfide) groups is 1. The first-order chi connectivity index (χ1) is 21.3. The third-order valence-electron chi connectivity index (χ3n) is 7.36. The molecule has 2 aromatic heterocycles. The minimum Gasteiger partial charge on any atom is -0.484 e. The zero-order valence-electron chi connectivity index (χ0n) is 25.1. The van der Waals surface area contributed by atoms with Crippen LogP contribution in [0.25, 0.3) is 5.69 Å². The van der Waals surface area contributed by atoms with Crippen molar-refractivity contribution in [2.75, 3.05) is 18.5 Å². The Kier molecular flexibility index (Phi) is 10.0. The summed E-state index contributed by atoms with van der Waals surface area (Å²) >= 11 is 2.70. The molecule has 2 heterocycles. The number of hydrogen-bond acceptors (Lipinski definition) is 9. The van der Waals surface area contributed by atoms with Crippen LogP contribution in [-0.4, -0.2) is 51.0 Å². The third kappa shape index (κ3) is 6.97. The number of hydrogen-bond donors (Lipinski definition) is 2. The van der Waals surface area contributed by atoms with Crippen molar-refractivity contribution < 1.29 is 23.9 Å². The van der Waals surface area contributed by atoms with Crippen LogP contribution in [0.5, 0.6) is 5.75 Å². The van der Waals surface area contributed by atoms with Gasteiger partial charge in [0, 0.05) is 4.88 Å². The van der Waals surface area contributed by atoms with Crippen LogP contribution < -0.4 is 15.4 Å². The Morgan fingerprint density at radius 1 is 1.07 bits per heavy atom. The summed E-state index contributed by atoms with van der Waals surface area (Å²) in [6, 6.07) is 15.1. The predicted molar refractivity (Wildman–Crippen MR) is 171 cm³/mol.